The molecule has 0 spiro atoms. The number of halogens is 4. The molecule has 0 atom stereocenters. The van der Waals surface area contributed by atoms with E-state index in [9.17, 15) is 17.6 Å². The topological polar surface area (TPSA) is 26.0 Å². The van der Waals surface area contributed by atoms with Crippen LogP contribution in [0.3, 0.4) is 0 Å². The van der Waals surface area contributed by atoms with Crippen molar-refractivity contribution in [1.29, 1.82) is 0 Å². The number of aromatic nitrogens is 1. The Morgan fingerprint density at radius 2 is 1.67 bits per heavy atom. The van der Waals surface area contributed by atoms with Crippen molar-refractivity contribution in [2.45, 2.75) is 40.3 Å². The molecule has 0 saturated carbocycles. The van der Waals surface area contributed by atoms with E-state index in [4.69, 9.17) is 4.42 Å². The zero-order valence-corrected chi connectivity index (χ0v) is 22.7. The molecule has 6 rings (SSSR count). The van der Waals surface area contributed by atoms with Gasteiger partial charge in [0.1, 0.15) is 17.0 Å². The molecule has 0 radical (unpaired) electrons. The second-order valence-corrected chi connectivity index (χ2v) is 11.5. The van der Waals surface area contributed by atoms with Crippen LogP contribution in [-0.4, -0.2) is 4.98 Å². The molecule has 6 aromatic rings. The van der Waals surface area contributed by atoms with Gasteiger partial charge in [-0.3, -0.25) is 4.98 Å². The van der Waals surface area contributed by atoms with Crippen molar-refractivity contribution < 1.29 is 22.0 Å². The maximum Gasteiger partial charge on any atom is 0.418 e. The largest absolute Gasteiger partial charge is 0.455 e. The number of furan rings is 1. The van der Waals surface area contributed by atoms with Gasteiger partial charge in [0.05, 0.1) is 16.0 Å². The molecule has 0 saturated heterocycles. The normalized spacial score (nSPS) is 12.4. The van der Waals surface area contributed by atoms with Gasteiger partial charge in [-0.25, -0.2) is 4.39 Å². The Hall–Kier alpha value is -3.71. The molecule has 0 N–H and O–H groups in total. The number of alkyl halides is 3. The van der Waals surface area contributed by atoms with Crippen molar-refractivity contribution in [3.8, 4) is 21.7 Å². The lowest BCUT2D eigenvalue weighted by molar-refractivity contribution is -0.135. The summed E-state index contributed by atoms with van der Waals surface area (Å²) in [5.41, 5.74) is 4.19. The van der Waals surface area contributed by atoms with Gasteiger partial charge >= 0.3 is 6.18 Å². The number of nitrogens with zero attached hydrogens (tertiary/aromatic N) is 1. The molecule has 198 valence electrons. The standard InChI is InChI=1S/C32H25F4NOS/c1-16(2)11-19-5-7-20(8-6-19)30-27(32(34,35)36)21-9-10-37-28(31(21)39-30)24-13-17(3)12-23-22-14-18(4)25(33)15-26(22)38-29(23)24/h5-10,12-16H,11H2,1-4H3. The second-order valence-electron chi connectivity index (χ2n) is 10.5. The van der Waals surface area contributed by atoms with Crippen LogP contribution >= 0.6 is 11.3 Å². The van der Waals surface area contributed by atoms with Crippen LogP contribution in [-0.2, 0) is 12.6 Å². The van der Waals surface area contributed by atoms with E-state index in [1.54, 1.807) is 25.1 Å². The summed E-state index contributed by atoms with van der Waals surface area (Å²) in [5.74, 6) is 0.0709. The lowest BCUT2D eigenvalue weighted by Gasteiger charge is -2.10. The number of fused-ring (bicyclic) bond motifs is 4. The zero-order chi connectivity index (χ0) is 27.6. The Morgan fingerprint density at radius 3 is 2.36 bits per heavy atom. The number of thiophene rings is 1. The molecular formula is C32H25F4NOS. The smallest absolute Gasteiger partial charge is 0.418 e. The van der Waals surface area contributed by atoms with Gasteiger partial charge in [0.15, 0.2) is 0 Å². The van der Waals surface area contributed by atoms with Crippen molar-refractivity contribution in [3.05, 3.63) is 88.9 Å². The summed E-state index contributed by atoms with van der Waals surface area (Å²) in [6.45, 7) is 7.82. The fourth-order valence-electron chi connectivity index (χ4n) is 5.29. The Labute approximate surface area is 226 Å². The highest BCUT2D eigenvalue weighted by Gasteiger charge is 2.38. The average molecular weight is 548 g/mol. The average Bonchev–Trinajstić information content (AvgIpc) is 3.43. The minimum Gasteiger partial charge on any atom is -0.455 e. The quantitative estimate of drug-likeness (QED) is 0.205. The zero-order valence-electron chi connectivity index (χ0n) is 21.8. The highest BCUT2D eigenvalue weighted by atomic mass is 32.1. The molecule has 3 aromatic heterocycles. The molecule has 2 nitrogen and oxygen atoms in total. The third-order valence-electron chi connectivity index (χ3n) is 7.00. The van der Waals surface area contributed by atoms with Crippen molar-refractivity contribution in [1.82, 2.24) is 4.98 Å². The van der Waals surface area contributed by atoms with Crippen molar-refractivity contribution in [2.75, 3.05) is 0 Å². The molecule has 0 bridgehead atoms. The third-order valence-corrected chi connectivity index (χ3v) is 8.26. The predicted molar refractivity (Wildman–Crippen MR) is 151 cm³/mol. The molecule has 0 aliphatic rings. The van der Waals surface area contributed by atoms with E-state index < -0.39 is 11.7 Å². The number of hydrogen-bond acceptors (Lipinski definition) is 3. The van der Waals surface area contributed by atoms with Gasteiger partial charge in [-0.2, -0.15) is 13.2 Å². The van der Waals surface area contributed by atoms with E-state index >= 15 is 0 Å². The number of aryl methyl sites for hydroxylation is 2. The Balaban J connectivity index is 1.62. The first-order chi connectivity index (χ1) is 18.5. The van der Waals surface area contributed by atoms with Gasteiger partial charge in [-0.05, 0) is 72.7 Å². The van der Waals surface area contributed by atoms with E-state index in [1.165, 1.54) is 18.3 Å². The number of rotatable bonds is 4. The first-order valence-electron chi connectivity index (χ1n) is 12.7. The lowest BCUT2D eigenvalue weighted by Crippen LogP contribution is -2.05. The molecule has 3 heterocycles. The van der Waals surface area contributed by atoms with Gasteiger partial charge < -0.3 is 4.42 Å². The summed E-state index contributed by atoms with van der Waals surface area (Å²) >= 11 is 1.09. The summed E-state index contributed by atoms with van der Waals surface area (Å²) < 4.78 is 64.5. The first-order valence-corrected chi connectivity index (χ1v) is 13.5. The van der Waals surface area contributed by atoms with E-state index in [1.807, 2.05) is 31.2 Å². The SMILES string of the molecule is Cc1cc(-c2nccc3c(C(F)(F)F)c(-c4ccc(CC(C)C)cc4)sc23)c2oc3cc(F)c(C)cc3c2c1. The Bertz CT molecular complexity index is 1880. The van der Waals surface area contributed by atoms with Gasteiger partial charge in [-0.15, -0.1) is 11.3 Å². The fraction of sp³-hybridized carbons (Fsp3) is 0.219. The Kier molecular flexibility index (Phi) is 6.03. The minimum absolute atomic E-state index is 0.103. The molecule has 0 fully saturated rings. The number of hydrogen-bond donors (Lipinski definition) is 0. The molecule has 39 heavy (non-hydrogen) atoms. The molecule has 7 heteroatoms. The molecular weight excluding hydrogens is 522 g/mol. The maximum atomic E-state index is 14.5. The summed E-state index contributed by atoms with van der Waals surface area (Å²) in [4.78, 5) is 4.72. The monoisotopic (exact) mass is 547 g/mol. The molecule has 0 unspecified atom stereocenters. The van der Waals surface area contributed by atoms with Crippen LogP contribution in [0, 0.1) is 25.6 Å². The van der Waals surface area contributed by atoms with Gasteiger partial charge in [0.25, 0.3) is 0 Å². The van der Waals surface area contributed by atoms with Crippen molar-refractivity contribution in [3.63, 3.8) is 0 Å². The third kappa shape index (κ3) is 4.39. The van der Waals surface area contributed by atoms with Gasteiger partial charge in [0, 0.05) is 38.9 Å². The Morgan fingerprint density at radius 1 is 0.923 bits per heavy atom. The maximum absolute atomic E-state index is 14.5. The van der Waals surface area contributed by atoms with Crippen molar-refractivity contribution >= 4 is 43.4 Å². The van der Waals surface area contributed by atoms with Crippen LogP contribution in [0.4, 0.5) is 17.6 Å². The summed E-state index contributed by atoms with van der Waals surface area (Å²) in [6.07, 6.45) is -2.29. The number of pyridine rings is 1. The first kappa shape index (κ1) is 25.6. The van der Waals surface area contributed by atoms with E-state index in [2.05, 4.69) is 18.8 Å². The van der Waals surface area contributed by atoms with Gasteiger partial charge in [0.2, 0.25) is 0 Å². The highest BCUT2D eigenvalue weighted by Crippen LogP contribution is 2.50. The number of benzene rings is 3. The van der Waals surface area contributed by atoms with Crippen LogP contribution in [0.2, 0.25) is 0 Å². The van der Waals surface area contributed by atoms with Crippen LogP contribution in [0.1, 0.15) is 36.1 Å². The molecule has 3 aromatic carbocycles. The van der Waals surface area contributed by atoms with E-state index in [0.29, 0.717) is 44.2 Å². The van der Waals surface area contributed by atoms with Crippen molar-refractivity contribution in [2.24, 2.45) is 5.92 Å². The second kappa shape index (κ2) is 9.19. The van der Waals surface area contributed by atoms with Crippen LogP contribution < -0.4 is 0 Å². The summed E-state index contributed by atoms with van der Waals surface area (Å²) in [7, 11) is 0. The minimum atomic E-state index is -4.56. The van der Waals surface area contributed by atoms with E-state index in [0.717, 1.165) is 39.7 Å². The molecule has 0 aliphatic heterocycles. The predicted octanol–water partition coefficient (Wildman–Crippen LogP) is 10.5. The summed E-state index contributed by atoms with van der Waals surface area (Å²) in [5, 5.41) is 1.63. The van der Waals surface area contributed by atoms with Crippen LogP contribution in [0.25, 0.3) is 53.7 Å². The molecule has 0 amide bonds. The van der Waals surface area contributed by atoms with Crippen LogP contribution in [0.15, 0.2) is 65.2 Å². The van der Waals surface area contributed by atoms with Gasteiger partial charge in [-0.1, -0.05) is 38.1 Å². The summed E-state index contributed by atoms with van der Waals surface area (Å²) in [6, 6.07) is 15.7. The van der Waals surface area contributed by atoms with Crippen LogP contribution in [0.5, 0.6) is 0 Å². The lowest BCUT2D eigenvalue weighted by atomic mass is 9.99. The molecule has 0 aliphatic carbocycles. The highest BCUT2D eigenvalue weighted by molar-refractivity contribution is 7.23. The fourth-order valence-corrected chi connectivity index (χ4v) is 6.62. The van der Waals surface area contributed by atoms with E-state index in [-0.39, 0.29) is 16.1 Å².